The number of allylic oxidation sites excluding steroid dienone is 10. The average molecular weight is 319 g/mol. The molecule has 0 heterocycles. The van der Waals surface area contributed by atoms with Crippen molar-refractivity contribution in [3.8, 4) is 0 Å². The Morgan fingerprint density at radius 1 is 0.917 bits per heavy atom. The van der Waals surface area contributed by atoms with E-state index in [9.17, 15) is 0 Å². The highest BCUT2D eigenvalue weighted by Gasteiger charge is 2.61. The maximum Gasteiger partial charge on any atom is 0.0230 e. The third-order valence-electron chi connectivity index (χ3n) is 7.41. The van der Waals surface area contributed by atoms with Gasteiger partial charge in [-0.25, -0.2) is 0 Å². The quantitative estimate of drug-likeness (QED) is 0.515. The first kappa shape index (κ1) is 15.9. The van der Waals surface area contributed by atoms with Crippen LogP contribution < -0.4 is 0 Å². The second kappa shape index (κ2) is 5.76. The minimum atomic E-state index is 0.269. The van der Waals surface area contributed by atoms with Crippen molar-refractivity contribution in [2.45, 2.75) is 46.0 Å². The molecule has 0 aromatic heterocycles. The van der Waals surface area contributed by atoms with E-state index in [0.717, 1.165) is 23.7 Å². The Balaban J connectivity index is 1.93. The number of hydrogen-bond acceptors (Lipinski definition) is 0. The Kier molecular flexibility index (Phi) is 3.82. The minimum Gasteiger partial charge on any atom is -0.0991 e. The van der Waals surface area contributed by atoms with Crippen LogP contribution in [-0.2, 0) is 0 Å². The number of hydrogen-bond donors (Lipinski definition) is 0. The highest BCUT2D eigenvalue weighted by Crippen LogP contribution is 2.70. The molecular formula is C24H30. The van der Waals surface area contributed by atoms with Gasteiger partial charge in [-0.15, -0.1) is 0 Å². The lowest BCUT2D eigenvalue weighted by Crippen LogP contribution is -2.53. The summed E-state index contributed by atoms with van der Waals surface area (Å²) in [6, 6.07) is 0. The van der Waals surface area contributed by atoms with Crippen LogP contribution in [0.1, 0.15) is 46.0 Å². The fourth-order valence-electron chi connectivity index (χ4n) is 6.98. The summed E-state index contributed by atoms with van der Waals surface area (Å²) in [7, 11) is 0. The lowest BCUT2D eigenvalue weighted by Gasteiger charge is -2.61. The second-order valence-electron chi connectivity index (χ2n) is 8.34. The van der Waals surface area contributed by atoms with E-state index in [-0.39, 0.29) is 5.41 Å². The molecule has 1 spiro atoms. The topological polar surface area (TPSA) is 0 Å². The maximum atomic E-state index is 4.27. The Labute approximate surface area is 147 Å². The van der Waals surface area contributed by atoms with Crippen molar-refractivity contribution >= 4 is 0 Å². The Morgan fingerprint density at radius 2 is 1.54 bits per heavy atom. The summed E-state index contributed by atoms with van der Waals surface area (Å²) in [4.78, 5) is 0. The summed E-state index contributed by atoms with van der Waals surface area (Å²) in [6.07, 6.45) is 20.2. The zero-order valence-corrected chi connectivity index (χ0v) is 15.2. The molecule has 0 amide bonds. The predicted octanol–water partition coefficient (Wildman–Crippen LogP) is 6.56. The third-order valence-corrected chi connectivity index (χ3v) is 7.41. The van der Waals surface area contributed by atoms with E-state index in [2.05, 4.69) is 57.4 Å². The Hall–Kier alpha value is -1.56. The van der Waals surface area contributed by atoms with Gasteiger partial charge in [-0.2, -0.15) is 0 Å². The van der Waals surface area contributed by atoms with Gasteiger partial charge in [0.25, 0.3) is 0 Å². The molecule has 0 atom stereocenters. The third kappa shape index (κ3) is 1.92. The lowest BCUT2D eigenvalue weighted by molar-refractivity contribution is -0.0642. The van der Waals surface area contributed by atoms with Crippen LogP contribution in [0, 0.1) is 29.1 Å². The summed E-state index contributed by atoms with van der Waals surface area (Å²) in [6.45, 7) is 12.7. The molecule has 24 heavy (non-hydrogen) atoms. The van der Waals surface area contributed by atoms with E-state index in [1.807, 2.05) is 6.08 Å². The molecule has 0 saturated heterocycles. The lowest BCUT2D eigenvalue weighted by atomic mass is 9.42. The molecule has 4 bridgehead atoms. The van der Waals surface area contributed by atoms with Gasteiger partial charge in [0.2, 0.25) is 0 Å². The van der Waals surface area contributed by atoms with Crippen LogP contribution in [0.3, 0.4) is 0 Å². The zero-order valence-electron chi connectivity index (χ0n) is 15.2. The molecule has 5 rings (SSSR count). The average Bonchev–Trinajstić information content (AvgIpc) is 2.79. The highest BCUT2D eigenvalue weighted by atomic mass is 14.6. The van der Waals surface area contributed by atoms with Gasteiger partial charge in [0.05, 0.1) is 0 Å². The molecule has 0 aliphatic heterocycles. The van der Waals surface area contributed by atoms with E-state index in [4.69, 9.17) is 0 Å². The normalized spacial score (nSPS) is 40.8. The van der Waals surface area contributed by atoms with Crippen molar-refractivity contribution in [2.24, 2.45) is 29.1 Å². The first-order chi connectivity index (χ1) is 11.7. The van der Waals surface area contributed by atoms with Crippen LogP contribution in [0.4, 0.5) is 0 Å². The van der Waals surface area contributed by atoms with Crippen LogP contribution in [0.25, 0.3) is 0 Å². The molecule has 0 heteroatoms. The van der Waals surface area contributed by atoms with E-state index < -0.39 is 0 Å². The van der Waals surface area contributed by atoms with Gasteiger partial charge in [0.15, 0.2) is 0 Å². The first-order valence-electron chi connectivity index (χ1n) is 9.67. The molecule has 0 radical (unpaired) electrons. The fraction of sp³-hybridized carbons (Fsp3) is 0.500. The summed E-state index contributed by atoms with van der Waals surface area (Å²) < 4.78 is 0. The maximum absolute atomic E-state index is 4.27. The number of rotatable bonds is 4. The molecule has 126 valence electrons. The first-order valence-corrected chi connectivity index (χ1v) is 9.67. The van der Waals surface area contributed by atoms with Gasteiger partial charge in [0.1, 0.15) is 0 Å². The molecule has 0 unspecified atom stereocenters. The Morgan fingerprint density at radius 3 is 2.04 bits per heavy atom. The van der Waals surface area contributed by atoms with Gasteiger partial charge in [0, 0.05) is 5.41 Å². The van der Waals surface area contributed by atoms with E-state index in [1.54, 1.807) is 5.57 Å². The molecular weight excluding hydrogens is 288 g/mol. The van der Waals surface area contributed by atoms with Crippen molar-refractivity contribution in [1.82, 2.24) is 0 Å². The molecule has 4 saturated carbocycles. The summed E-state index contributed by atoms with van der Waals surface area (Å²) in [5.41, 5.74) is 6.24. The predicted molar refractivity (Wildman–Crippen MR) is 104 cm³/mol. The molecule has 4 fully saturated rings. The summed E-state index contributed by atoms with van der Waals surface area (Å²) in [5, 5.41) is 0. The van der Waals surface area contributed by atoms with E-state index >= 15 is 0 Å². The van der Waals surface area contributed by atoms with Crippen molar-refractivity contribution in [1.29, 1.82) is 0 Å². The molecule has 0 aromatic rings. The SMILES string of the molecule is C=C/C=C\C1=C(C)C2(C(C=C)=C1/C=C\C)C1CC3CC(C1)CC2C3. The second-order valence-corrected chi connectivity index (χ2v) is 8.34. The molecule has 5 aliphatic carbocycles. The molecule has 5 aliphatic rings. The van der Waals surface area contributed by atoms with Crippen molar-refractivity contribution in [3.63, 3.8) is 0 Å². The van der Waals surface area contributed by atoms with Gasteiger partial charge in [-0.3, -0.25) is 0 Å². The molecule has 0 nitrogen and oxygen atoms in total. The van der Waals surface area contributed by atoms with Crippen LogP contribution in [0.5, 0.6) is 0 Å². The molecule has 0 aromatic carbocycles. The van der Waals surface area contributed by atoms with Gasteiger partial charge in [-0.05, 0) is 86.3 Å². The van der Waals surface area contributed by atoms with Crippen LogP contribution in [-0.4, -0.2) is 0 Å². The zero-order chi connectivity index (χ0) is 16.9. The van der Waals surface area contributed by atoms with Crippen LogP contribution in [0.2, 0.25) is 0 Å². The minimum absolute atomic E-state index is 0.269. The van der Waals surface area contributed by atoms with Crippen molar-refractivity contribution < 1.29 is 0 Å². The van der Waals surface area contributed by atoms with Crippen molar-refractivity contribution in [3.05, 3.63) is 71.9 Å². The monoisotopic (exact) mass is 318 g/mol. The van der Waals surface area contributed by atoms with E-state index in [1.165, 1.54) is 48.8 Å². The molecule has 0 N–H and O–H groups in total. The standard InChI is InChI=1S/C24H30/c1-5-8-10-21-16(4)24(23(7-3)22(21)9-6-2)19-12-17-11-18(14-19)15-20(24)13-17/h5-10,17-20H,1,3,11-15H2,2,4H3/b9-6-,10-8-. The largest absolute Gasteiger partial charge is 0.0991 e. The highest BCUT2D eigenvalue weighted by molar-refractivity contribution is 5.65. The van der Waals surface area contributed by atoms with Crippen LogP contribution >= 0.6 is 0 Å². The Bertz CT molecular complexity index is 664. The van der Waals surface area contributed by atoms with Crippen LogP contribution in [0.15, 0.2) is 71.9 Å². The van der Waals surface area contributed by atoms with Gasteiger partial charge >= 0.3 is 0 Å². The van der Waals surface area contributed by atoms with Crippen molar-refractivity contribution in [2.75, 3.05) is 0 Å². The van der Waals surface area contributed by atoms with E-state index in [0.29, 0.717) is 0 Å². The smallest absolute Gasteiger partial charge is 0.0230 e. The summed E-state index contributed by atoms with van der Waals surface area (Å²) >= 11 is 0. The van der Waals surface area contributed by atoms with Gasteiger partial charge in [-0.1, -0.05) is 55.2 Å². The van der Waals surface area contributed by atoms with Gasteiger partial charge < -0.3 is 0 Å². The summed E-state index contributed by atoms with van der Waals surface area (Å²) in [5.74, 6) is 3.65. The fourth-order valence-corrected chi connectivity index (χ4v) is 6.98.